The first-order valence-corrected chi connectivity index (χ1v) is 7.61. The zero-order valence-electron chi connectivity index (χ0n) is 7.22. The average Bonchev–Trinajstić information content (AvgIpc) is 1.79. The van der Waals surface area contributed by atoms with Crippen molar-refractivity contribution >= 4 is 8.07 Å². The van der Waals surface area contributed by atoms with Crippen molar-refractivity contribution in [3.05, 3.63) is 0 Å². The fourth-order valence-electron chi connectivity index (χ4n) is 1.68. The molecule has 0 saturated carbocycles. The molecule has 1 aliphatic rings. The van der Waals surface area contributed by atoms with Crippen LogP contribution in [-0.4, -0.2) is 19.3 Å². The smallest absolute Gasteiger partial charge is 0.0542 e. The molecule has 2 heteroatoms. The van der Waals surface area contributed by atoms with E-state index in [-0.39, 0.29) is 6.10 Å². The lowest BCUT2D eigenvalue weighted by molar-refractivity contribution is 0.124. The highest BCUT2D eigenvalue weighted by atomic mass is 28.3. The topological polar surface area (TPSA) is 20.2 Å². The van der Waals surface area contributed by atoms with E-state index in [1.807, 2.05) is 0 Å². The van der Waals surface area contributed by atoms with Crippen LogP contribution in [-0.2, 0) is 0 Å². The van der Waals surface area contributed by atoms with Crippen molar-refractivity contribution in [2.75, 3.05) is 0 Å². The van der Waals surface area contributed by atoms with Crippen LogP contribution in [0.3, 0.4) is 0 Å². The summed E-state index contributed by atoms with van der Waals surface area (Å²) < 4.78 is 0. The highest BCUT2D eigenvalue weighted by Gasteiger charge is 2.32. The standard InChI is InChI=1S/C8H18OSi/c1-7-4-5-10(2,3)6-8(7)9/h7-9H,4-6H2,1-3H3. The number of aliphatic hydroxyl groups excluding tert-OH is 1. The molecule has 1 rings (SSSR count). The van der Waals surface area contributed by atoms with Gasteiger partial charge in [-0.05, 0) is 12.0 Å². The van der Waals surface area contributed by atoms with Gasteiger partial charge >= 0.3 is 0 Å². The van der Waals surface area contributed by atoms with E-state index in [2.05, 4.69) is 20.0 Å². The van der Waals surface area contributed by atoms with Gasteiger partial charge in [0.25, 0.3) is 0 Å². The maximum absolute atomic E-state index is 9.55. The third-order valence-corrected chi connectivity index (χ3v) is 5.86. The fourth-order valence-corrected chi connectivity index (χ4v) is 4.66. The summed E-state index contributed by atoms with van der Waals surface area (Å²) in [4.78, 5) is 0. The van der Waals surface area contributed by atoms with Crippen molar-refractivity contribution in [3.63, 3.8) is 0 Å². The van der Waals surface area contributed by atoms with Crippen LogP contribution in [0.5, 0.6) is 0 Å². The van der Waals surface area contributed by atoms with Crippen LogP contribution in [0, 0.1) is 5.92 Å². The number of hydrogen-bond donors (Lipinski definition) is 1. The summed E-state index contributed by atoms with van der Waals surface area (Å²) in [6.45, 7) is 6.92. The van der Waals surface area contributed by atoms with Crippen LogP contribution in [0.1, 0.15) is 13.3 Å². The van der Waals surface area contributed by atoms with E-state index < -0.39 is 8.07 Å². The fraction of sp³-hybridized carbons (Fsp3) is 1.00. The molecular weight excluding hydrogens is 140 g/mol. The zero-order chi connectivity index (χ0) is 7.78. The molecule has 1 N–H and O–H groups in total. The highest BCUT2D eigenvalue weighted by molar-refractivity contribution is 6.77. The van der Waals surface area contributed by atoms with Crippen LogP contribution in [0.4, 0.5) is 0 Å². The molecule has 0 aromatic carbocycles. The van der Waals surface area contributed by atoms with Crippen molar-refractivity contribution in [1.82, 2.24) is 0 Å². The summed E-state index contributed by atoms with van der Waals surface area (Å²) in [5.74, 6) is 0.556. The van der Waals surface area contributed by atoms with Gasteiger partial charge in [-0.25, -0.2) is 0 Å². The third kappa shape index (κ3) is 1.83. The van der Waals surface area contributed by atoms with Crippen LogP contribution in [0.2, 0.25) is 25.2 Å². The lowest BCUT2D eigenvalue weighted by Gasteiger charge is -2.35. The SMILES string of the molecule is CC1CC[Si](C)(C)CC1O. The Morgan fingerprint density at radius 3 is 2.40 bits per heavy atom. The van der Waals surface area contributed by atoms with E-state index in [1.54, 1.807) is 0 Å². The highest BCUT2D eigenvalue weighted by Crippen LogP contribution is 2.31. The van der Waals surface area contributed by atoms with Gasteiger partial charge < -0.3 is 5.11 Å². The van der Waals surface area contributed by atoms with E-state index in [4.69, 9.17) is 0 Å². The molecule has 0 aromatic rings. The van der Waals surface area contributed by atoms with Crippen molar-refractivity contribution in [2.45, 2.75) is 44.6 Å². The Morgan fingerprint density at radius 1 is 1.40 bits per heavy atom. The second-order valence-electron chi connectivity index (χ2n) is 4.45. The Bertz CT molecular complexity index is 122. The minimum Gasteiger partial charge on any atom is -0.393 e. The first-order chi connectivity index (χ1) is 4.51. The maximum Gasteiger partial charge on any atom is 0.0542 e. The van der Waals surface area contributed by atoms with E-state index in [1.165, 1.54) is 12.5 Å². The third-order valence-electron chi connectivity index (χ3n) is 2.70. The summed E-state index contributed by atoms with van der Waals surface area (Å²) in [7, 11) is -0.945. The van der Waals surface area contributed by atoms with E-state index in [0.29, 0.717) is 5.92 Å². The zero-order valence-corrected chi connectivity index (χ0v) is 8.22. The quantitative estimate of drug-likeness (QED) is 0.535. The number of hydrogen-bond acceptors (Lipinski definition) is 1. The molecule has 60 valence electrons. The van der Waals surface area contributed by atoms with Gasteiger partial charge in [0.05, 0.1) is 6.10 Å². The van der Waals surface area contributed by atoms with Gasteiger partial charge in [-0.2, -0.15) is 0 Å². The molecule has 0 radical (unpaired) electrons. The van der Waals surface area contributed by atoms with Crippen molar-refractivity contribution in [2.24, 2.45) is 5.92 Å². The molecule has 0 amide bonds. The molecule has 1 nitrogen and oxygen atoms in total. The summed E-state index contributed by atoms with van der Waals surface area (Å²) in [6, 6.07) is 2.53. The van der Waals surface area contributed by atoms with Gasteiger partial charge in [0.2, 0.25) is 0 Å². The molecule has 1 heterocycles. The van der Waals surface area contributed by atoms with Crippen molar-refractivity contribution < 1.29 is 5.11 Å². The molecular formula is C8H18OSi. The second-order valence-corrected chi connectivity index (χ2v) is 9.69. The van der Waals surface area contributed by atoms with Gasteiger partial charge in [0.1, 0.15) is 0 Å². The summed E-state index contributed by atoms with van der Waals surface area (Å²) in [6.07, 6.45) is 1.26. The van der Waals surface area contributed by atoms with E-state index >= 15 is 0 Å². The van der Waals surface area contributed by atoms with Gasteiger partial charge in [-0.3, -0.25) is 0 Å². The Balaban J connectivity index is 2.49. The second kappa shape index (κ2) is 2.66. The first kappa shape index (κ1) is 8.28. The Kier molecular flexibility index (Phi) is 2.20. The molecule has 2 atom stereocenters. The van der Waals surface area contributed by atoms with Crippen molar-refractivity contribution in [3.8, 4) is 0 Å². The van der Waals surface area contributed by atoms with E-state index in [0.717, 1.165) is 6.04 Å². The molecule has 10 heavy (non-hydrogen) atoms. The molecule has 1 fully saturated rings. The van der Waals surface area contributed by atoms with Crippen LogP contribution < -0.4 is 0 Å². The predicted molar refractivity (Wildman–Crippen MR) is 46.9 cm³/mol. The Hall–Kier alpha value is 0.177. The molecule has 0 aliphatic carbocycles. The Morgan fingerprint density at radius 2 is 2.00 bits per heavy atom. The monoisotopic (exact) mass is 158 g/mol. The van der Waals surface area contributed by atoms with Gasteiger partial charge in [0, 0.05) is 8.07 Å². The lowest BCUT2D eigenvalue weighted by Crippen LogP contribution is -2.39. The molecule has 1 saturated heterocycles. The van der Waals surface area contributed by atoms with Crippen molar-refractivity contribution in [1.29, 1.82) is 0 Å². The van der Waals surface area contributed by atoms with Gasteiger partial charge in [0.15, 0.2) is 0 Å². The maximum atomic E-state index is 9.55. The average molecular weight is 158 g/mol. The van der Waals surface area contributed by atoms with Crippen LogP contribution in [0.15, 0.2) is 0 Å². The normalized spacial score (nSPS) is 39.6. The van der Waals surface area contributed by atoms with Crippen LogP contribution in [0.25, 0.3) is 0 Å². The minimum atomic E-state index is -0.945. The largest absolute Gasteiger partial charge is 0.393 e. The summed E-state index contributed by atoms with van der Waals surface area (Å²) >= 11 is 0. The molecule has 0 spiro atoms. The van der Waals surface area contributed by atoms with Crippen LogP contribution >= 0.6 is 0 Å². The van der Waals surface area contributed by atoms with Gasteiger partial charge in [-0.1, -0.05) is 32.5 Å². The summed E-state index contributed by atoms with van der Waals surface area (Å²) in [5.41, 5.74) is 0. The Labute approximate surface area is 64.5 Å². The van der Waals surface area contributed by atoms with Gasteiger partial charge in [-0.15, -0.1) is 0 Å². The number of rotatable bonds is 0. The molecule has 0 aromatic heterocycles. The lowest BCUT2D eigenvalue weighted by atomic mass is 10.0. The summed E-state index contributed by atoms with van der Waals surface area (Å²) in [5, 5.41) is 9.55. The number of aliphatic hydroxyl groups is 1. The molecule has 1 aliphatic heterocycles. The first-order valence-electron chi connectivity index (χ1n) is 4.19. The molecule has 2 unspecified atom stereocenters. The molecule has 0 bridgehead atoms. The van der Waals surface area contributed by atoms with E-state index in [9.17, 15) is 5.11 Å². The predicted octanol–water partition coefficient (Wildman–Crippen LogP) is 2.10. The minimum absolute atomic E-state index is 0.00965.